The largest absolute Gasteiger partial charge is 0.506 e. The Bertz CT molecular complexity index is 623. The first-order valence-electron chi connectivity index (χ1n) is 5.00. The van der Waals surface area contributed by atoms with Crippen LogP contribution in [0.3, 0.4) is 0 Å². The number of aromatic hydroxyl groups is 1. The van der Waals surface area contributed by atoms with Gasteiger partial charge in [-0.15, -0.1) is 11.3 Å². The van der Waals surface area contributed by atoms with Gasteiger partial charge >= 0.3 is 0 Å². The van der Waals surface area contributed by atoms with Crippen LogP contribution in [0.15, 0.2) is 29.4 Å². The van der Waals surface area contributed by atoms with Gasteiger partial charge in [0.15, 0.2) is 0 Å². The summed E-state index contributed by atoms with van der Waals surface area (Å²) in [6.07, 6.45) is 0. The Morgan fingerprint density at radius 3 is 2.44 bits per heavy atom. The molecule has 18 heavy (non-hydrogen) atoms. The smallest absolute Gasteiger partial charge is 0.135 e. The van der Waals surface area contributed by atoms with Crippen LogP contribution in [0.25, 0.3) is 0 Å². The Balaban J connectivity index is 2.57. The van der Waals surface area contributed by atoms with Crippen LogP contribution < -0.4 is 0 Å². The minimum atomic E-state index is -0.106. The molecule has 0 aliphatic carbocycles. The lowest BCUT2D eigenvalue weighted by Gasteiger charge is -2.07. The van der Waals surface area contributed by atoms with Gasteiger partial charge in [0, 0.05) is 10.4 Å². The van der Waals surface area contributed by atoms with Crippen molar-refractivity contribution < 1.29 is 10.3 Å². The molecule has 0 saturated heterocycles. The van der Waals surface area contributed by atoms with E-state index in [9.17, 15) is 5.11 Å². The summed E-state index contributed by atoms with van der Waals surface area (Å²) in [5, 5.41) is 22.1. The van der Waals surface area contributed by atoms with Crippen molar-refractivity contribution in [3.63, 3.8) is 0 Å². The van der Waals surface area contributed by atoms with Crippen LogP contribution in [-0.2, 0) is 0 Å². The van der Waals surface area contributed by atoms with Gasteiger partial charge in [0.25, 0.3) is 0 Å². The Labute approximate surface area is 118 Å². The van der Waals surface area contributed by atoms with Gasteiger partial charge in [-0.25, -0.2) is 0 Å². The molecule has 0 fully saturated rings. The van der Waals surface area contributed by atoms with Crippen molar-refractivity contribution in [2.75, 3.05) is 0 Å². The highest BCUT2D eigenvalue weighted by atomic mass is 35.5. The summed E-state index contributed by atoms with van der Waals surface area (Å²) in [5.41, 5.74) is 0.809. The van der Waals surface area contributed by atoms with Crippen molar-refractivity contribution in [3.8, 4) is 5.75 Å². The summed E-state index contributed by atoms with van der Waals surface area (Å²) in [7, 11) is 0. The first-order valence-corrected chi connectivity index (χ1v) is 6.58. The fraction of sp³-hybridized carbons (Fsp3) is 0.0833. The molecule has 2 aromatic rings. The molecule has 94 valence electrons. The predicted octanol–water partition coefficient (Wildman–Crippen LogP) is 4.30. The molecule has 6 heteroatoms. The second kappa shape index (κ2) is 5.18. The lowest BCUT2D eigenvalue weighted by Crippen LogP contribution is -2.02. The Morgan fingerprint density at radius 1 is 1.17 bits per heavy atom. The first kappa shape index (κ1) is 13.2. The molecule has 0 aliphatic rings. The number of hydrogen-bond donors (Lipinski definition) is 2. The van der Waals surface area contributed by atoms with Crippen molar-refractivity contribution >= 4 is 40.3 Å². The molecule has 0 aliphatic heterocycles. The maximum atomic E-state index is 9.44. The zero-order valence-electron chi connectivity index (χ0n) is 9.32. The molecule has 1 heterocycles. The summed E-state index contributed by atoms with van der Waals surface area (Å²) < 4.78 is 0. The Morgan fingerprint density at radius 2 is 1.89 bits per heavy atom. The molecule has 1 aromatic heterocycles. The average Bonchev–Trinajstić information content (AvgIpc) is 2.77. The predicted molar refractivity (Wildman–Crippen MR) is 74.6 cm³/mol. The molecule has 0 bridgehead atoms. The van der Waals surface area contributed by atoms with Gasteiger partial charge in [-0.05, 0) is 31.2 Å². The first-order chi connectivity index (χ1) is 8.54. The van der Waals surface area contributed by atoms with E-state index in [1.807, 2.05) is 19.1 Å². The molecular weight excluding hydrogens is 293 g/mol. The summed E-state index contributed by atoms with van der Waals surface area (Å²) in [6, 6.07) is 6.73. The Kier molecular flexibility index (Phi) is 3.80. The maximum absolute atomic E-state index is 9.44. The molecule has 0 atom stereocenters. The number of oxime groups is 1. The number of aryl methyl sites for hydroxylation is 1. The van der Waals surface area contributed by atoms with Gasteiger partial charge in [-0.2, -0.15) is 0 Å². The number of nitrogens with zero attached hydrogens (tertiary/aromatic N) is 1. The molecule has 2 N–H and O–H groups in total. The molecular formula is C12H9Cl2NO2S. The molecule has 2 rings (SSSR count). The number of hydrogen-bond acceptors (Lipinski definition) is 4. The number of phenols is 1. The van der Waals surface area contributed by atoms with Crippen molar-refractivity contribution in [3.05, 3.63) is 49.6 Å². The van der Waals surface area contributed by atoms with Crippen LogP contribution in [0.1, 0.15) is 15.3 Å². The highest BCUT2D eigenvalue weighted by molar-refractivity contribution is 7.14. The van der Waals surface area contributed by atoms with Crippen molar-refractivity contribution in [2.24, 2.45) is 5.16 Å². The van der Waals surface area contributed by atoms with E-state index >= 15 is 0 Å². The zero-order valence-corrected chi connectivity index (χ0v) is 11.6. The van der Waals surface area contributed by atoms with E-state index in [4.69, 9.17) is 28.4 Å². The maximum Gasteiger partial charge on any atom is 0.135 e. The van der Waals surface area contributed by atoms with E-state index in [2.05, 4.69) is 5.16 Å². The molecule has 3 nitrogen and oxygen atoms in total. The third-order valence-electron chi connectivity index (χ3n) is 2.39. The van der Waals surface area contributed by atoms with E-state index in [1.165, 1.54) is 17.4 Å². The standard InChI is InChI=1S/C12H9Cl2NO2S/c1-6-2-5-9(18-6)12(15-17)7-3-4-8(16)11(14)10(7)13/h2-5,16-17H,1H3. The highest BCUT2D eigenvalue weighted by Gasteiger charge is 2.17. The number of phenolic OH excluding ortho intramolecular Hbond substituents is 1. The zero-order chi connectivity index (χ0) is 13.3. The molecule has 0 radical (unpaired) electrons. The SMILES string of the molecule is Cc1ccc(C(=NO)c2ccc(O)c(Cl)c2Cl)s1. The minimum absolute atomic E-state index is 0.0450. The van der Waals surface area contributed by atoms with Crippen LogP contribution in [0.2, 0.25) is 10.0 Å². The molecule has 0 unspecified atom stereocenters. The van der Waals surface area contributed by atoms with Gasteiger partial charge in [0.2, 0.25) is 0 Å². The summed E-state index contributed by atoms with van der Waals surface area (Å²) in [5.74, 6) is -0.106. The number of benzene rings is 1. The van der Waals surface area contributed by atoms with E-state index in [0.29, 0.717) is 11.3 Å². The summed E-state index contributed by atoms with van der Waals surface area (Å²) in [6.45, 7) is 1.95. The molecule has 0 spiro atoms. The third kappa shape index (κ3) is 2.32. The van der Waals surface area contributed by atoms with Crippen LogP contribution in [-0.4, -0.2) is 16.0 Å². The van der Waals surface area contributed by atoms with Gasteiger partial charge in [0.1, 0.15) is 16.5 Å². The van der Waals surface area contributed by atoms with E-state index in [-0.39, 0.29) is 15.8 Å². The van der Waals surface area contributed by atoms with Crippen LogP contribution in [0.5, 0.6) is 5.75 Å². The van der Waals surface area contributed by atoms with Crippen LogP contribution in [0.4, 0.5) is 0 Å². The third-order valence-corrected chi connectivity index (χ3v) is 4.27. The highest BCUT2D eigenvalue weighted by Crippen LogP contribution is 2.35. The number of rotatable bonds is 2. The van der Waals surface area contributed by atoms with Crippen LogP contribution in [0, 0.1) is 6.92 Å². The normalized spacial score (nSPS) is 11.8. The van der Waals surface area contributed by atoms with E-state index in [1.54, 1.807) is 6.07 Å². The molecule has 0 amide bonds. The minimum Gasteiger partial charge on any atom is -0.506 e. The average molecular weight is 302 g/mol. The monoisotopic (exact) mass is 301 g/mol. The number of halogens is 2. The van der Waals surface area contributed by atoms with Gasteiger partial charge in [-0.1, -0.05) is 28.4 Å². The van der Waals surface area contributed by atoms with Crippen molar-refractivity contribution in [1.29, 1.82) is 0 Å². The quantitative estimate of drug-likeness (QED) is 0.494. The fourth-order valence-corrected chi connectivity index (χ4v) is 2.80. The summed E-state index contributed by atoms with van der Waals surface area (Å²) >= 11 is 13.4. The van der Waals surface area contributed by atoms with Crippen molar-refractivity contribution in [2.45, 2.75) is 6.92 Å². The molecule has 1 aromatic carbocycles. The topological polar surface area (TPSA) is 52.8 Å². The van der Waals surface area contributed by atoms with Gasteiger partial charge in [0.05, 0.1) is 9.90 Å². The fourth-order valence-electron chi connectivity index (χ4n) is 1.52. The lowest BCUT2D eigenvalue weighted by atomic mass is 10.1. The second-order valence-corrected chi connectivity index (χ2v) is 5.66. The van der Waals surface area contributed by atoms with E-state index < -0.39 is 0 Å². The Hall–Kier alpha value is -1.23. The van der Waals surface area contributed by atoms with Gasteiger partial charge in [-0.3, -0.25) is 0 Å². The lowest BCUT2D eigenvalue weighted by molar-refractivity contribution is 0.320. The number of thiophene rings is 1. The van der Waals surface area contributed by atoms with E-state index in [0.717, 1.165) is 9.75 Å². The second-order valence-electron chi connectivity index (χ2n) is 3.62. The molecule has 0 saturated carbocycles. The van der Waals surface area contributed by atoms with Crippen LogP contribution >= 0.6 is 34.5 Å². The van der Waals surface area contributed by atoms with Crippen molar-refractivity contribution in [1.82, 2.24) is 0 Å². The summed E-state index contributed by atoms with van der Waals surface area (Å²) in [4.78, 5) is 1.87. The van der Waals surface area contributed by atoms with Gasteiger partial charge < -0.3 is 10.3 Å².